The van der Waals surface area contributed by atoms with Crippen molar-refractivity contribution in [1.29, 1.82) is 0 Å². The second-order valence-corrected chi connectivity index (χ2v) is 6.87. The predicted molar refractivity (Wildman–Crippen MR) is 82.3 cm³/mol. The standard InChI is InChI=1S/C17H28N2/c1-14(16-8-6-5-7-9-16)19-11-10-15(13-19)12-18-17(2,3)4/h5-9,14-15,18H,10-13H2,1-4H3. The van der Waals surface area contributed by atoms with E-state index >= 15 is 0 Å². The molecule has 1 aromatic carbocycles. The van der Waals surface area contributed by atoms with E-state index in [0.29, 0.717) is 6.04 Å². The molecule has 0 radical (unpaired) electrons. The van der Waals surface area contributed by atoms with E-state index < -0.39 is 0 Å². The van der Waals surface area contributed by atoms with Crippen LogP contribution in [0.25, 0.3) is 0 Å². The molecule has 0 saturated carbocycles. The Balaban J connectivity index is 1.85. The third-order valence-corrected chi connectivity index (χ3v) is 4.07. The van der Waals surface area contributed by atoms with Crippen molar-refractivity contribution in [3.05, 3.63) is 35.9 Å². The van der Waals surface area contributed by atoms with Crippen molar-refractivity contribution in [2.45, 2.75) is 45.7 Å². The van der Waals surface area contributed by atoms with E-state index in [4.69, 9.17) is 0 Å². The van der Waals surface area contributed by atoms with Gasteiger partial charge in [0.25, 0.3) is 0 Å². The predicted octanol–water partition coefficient (Wildman–Crippen LogP) is 3.46. The number of nitrogens with zero attached hydrogens (tertiary/aromatic N) is 1. The van der Waals surface area contributed by atoms with Gasteiger partial charge in [-0.1, -0.05) is 30.3 Å². The van der Waals surface area contributed by atoms with Gasteiger partial charge >= 0.3 is 0 Å². The molecule has 0 bridgehead atoms. The summed E-state index contributed by atoms with van der Waals surface area (Å²) < 4.78 is 0. The average molecular weight is 260 g/mol. The molecule has 1 aromatic rings. The summed E-state index contributed by atoms with van der Waals surface area (Å²) in [6.45, 7) is 12.6. The van der Waals surface area contributed by atoms with Crippen molar-refractivity contribution in [1.82, 2.24) is 10.2 Å². The van der Waals surface area contributed by atoms with Gasteiger partial charge in [-0.2, -0.15) is 0 Å². The molecule has 2 unspecified atom stereocenters. The summed E-state index contributed by atoms with van der Waals surface area (Å²) in [5.74, 6) is 0.797. The minimum Gasteiger partial charge on any atom is -0.312 e. The molecule has 1 saturated heterocycles. The van der Waals surface area contributed by atoms with E-state index in [1.54, 1.807) is 0 Å². The van der Waals surface area contributed by atoms with E-state index in [-0.39, 0.29) is 5.54 Å². The zero-order valence-corrected chi connectivity index (χ0v) is 12.8. The number of benzene rings is 1. The van der Waals surface area contributed by atoms with Crippen molar-refractivity contribution in [3.63, 3.8) is 0 Å². The molecular formula is C17H28N2. The van der Waals surface area contributed by atoms with Crippen molar-refractivity contribution < 1.29 is 0 Å². The first-order chi connectivity index (χ1) is 8.96. The molecule has 1 N–H and O–H groups in total. The molecular weight excluding hydrogens is 232 g/mol. The monoisotopic (exact) mass is 260 g/mol. The number of likely N-dealkylation sites (tertiary alicyclic amines) is 1. The zero-order chi connectivity index (χ0) is 13.9. The van der Waals surface area contributed by atoms with Crippen LogP contribution in [-0.2, 0) is 0 Å². The molecule has 1 heterocycles. The van der Waals surface area contributed by atoms with Gasteiger partial charge in [-0.25, -0.2) is 0 Å². The Kier molecular flexibility index (Phi) is 4.64. The fourth-order valence-corrected chi connectivity index (χ4v) is 2.77. The van der Waals surface area contributed by atoms with Gasteiger partial charge in [0.1, 0.15) is 0 Å². The van der Waals surface area contributed by atoms with Gasteiger partial charge in [-0.3, -0.25) is 4.90 Å². The Morgan fingerprint density at radius 2 is 1.95 bits per heavy atom. The van der Waals surface area contributed by atoms with Crippen LogP contribution < -0.4 is 5.32 Å². The van der Waals surface area contributed by atoms with E-state index in [9.17, 15) is 0 Å². The van der Waals surface area contributed by atoms with Gasteiger partial charge in [-0.15, -0.1) is 0 Å². The van der Waals surface area contributed by atoms with Crippen LogP contribution in [0.15, 0.2) is 30.3 Å². The van der Waals surface area contributed by atoms with Crippen LogP contribution in [0.2, 0.25) is 0 Å². The average Bonchev–Trinajstić information content (AvgIpc) is 2.84. The van der Waals surface area contributed by atoms with E-state index in [1.807, 2.05) is 0 Å². The Morgan fingerprint density at radius 3 is 2.58 bits per heavy atom. The lowest BCUT2D eigenvalue weighted by atomic mass is 10.0. The molecule has 0 spiro atoms. The first-order valence-electron chi connectivity index (χ1n) is 7.50. The minimum absolute atomic E-state index is 0.235. The molecule has 0 amide bonds. The van der Waals surface area contributed by atoms with E-state index in [0.717, 1.165) is 12.5 Å². The van der Waals surface area contributed by atoms with Crippen molar-refractivity contribution in [3.8, 4) is 0 Å². The molecule has 19 heavy (non-hydrogen) atoms. The molecule has 1 fully saturated rings. The van der Waals surface area contributed by atoms with Crippen LogP contribution in [0.1, 0.15) is 45.7 Å². The molecule has 2 heteroatoms. The van der Waals surface area contributed by atoms with Gasteiger partial charge in [-0.05, 0) is 58.7 Å². The van der Waals surface area contributed by atoms with Gasteiger partial charge in [0.15, 0.2) is 0 Å². The first-order valence-corrected chi connectivity index (χ1v) is 7.50. The fourth-order valence-electron chi connectivity index (χ4n) is 2.77. The third kappa shape index (κ3) is 4.32. The normalized spacial score (nSPS) is 22.6. The summed E-state index contributed by atoms with van der Waals surface area (Å²) in [5, 5.41) is 3.64. The molecule has 2 atom stereocenters. The number of nitrogens with one attached hydrogen (secondary N) is 1. The molecule has 106 valence electrons. The maximum atomic E-state index is 3.64. The molecule has 2 rings (SSSR count). The second kappa shape index (κ2) is 6.06. The summed E-state index contributed by atoms with van der Waals surface area (Å²) in [6, 6.07) is 11.4. The molecule has 1 aliphatic heterocycles. The lowest BCUT2D eigenvalue weighted by Crippen LogP contribution is -2.39. The summed E-state index contributed by atoms with van der Waals surface area (Å²) in [7, 11) is 0. The lowest BCUT2D eigenvalue weighted by molar-refractivity contribution is 0.248. The third-order valence-electron chi connectivity index (χ3n) is 4.07. The van der Waals surface area contributed by atoms with Crippen LogP contribution in [0.4, 0.5) is 0 Å². The summed E-state index contributed by atoms with van der Waals surface area (Å²) in [4.78, 5) is 2.62. The number of hydrogen-bond acceptors (Lipinski definition) is 2. The van der Waals surface area contributed by atoms with Crippen LogP contribution in [0, 0.1) is 5.92 Å². The topological polar surface area (TPSA) is 15.3 Å². The van der Waals surface area contributed by atoms with E-state index in [1.165, 1.54) is 25.1 Å². The Labute approximate surface area is 118 Å². The van der Waals surface area contributed by atoms with Crippen molar-refractivity contribution in [2.75, 3.05) is 19.6 Å². The van der Waals surface area contributed by atoms with Crippen molar-refractivity contribution >= 4 is 0 Å². The Morgan fingerprint density at radius 1 is 1.26 bits per heavy atom. The van der Waals surface area contributed by atoms with E-state index in [2.05, 4.69) is 68.2 Å². The molecule has 0 aromatic heterocycles. The first kappa shape index (κ1) is 14.5. The zero-order valence-electron chi connectivity index (χ0n) is 12.8. The Hall–Kier alpha value is -0.860. The smallest absolute Gasteiger partial charge is 0.0320 e. The second-order valence-electron chi connectivity index (χ2n) is 6.87. The van der Waals surface area contributed by atoms with Gasteiger partial charge in [0.2, 0.25) is 0 Å². The van der Waals surface area contributed by atoms with Gasteiger partial charge in [0, 0.05) is 18.1 Å². The Bertz CT molecular complexity index is 380. The van der Waals surface area contributed by atoms with Crippen molar-refractivity contribution in [2.24, 2.45) is 5.92 Å². The maximum Gasteiger partial charge on any atom is 0.0320 e. The highest BCUT2D eigenvalue weighted by atomic mass is 15.2. The van der Waals surface area contributed by atoms with Crippen LogP contribution in [-0.4, -0.2) is 30.1 Å². The quantitative estimate of drug-likeness (QED) is 0.892. The summed E-state index contributed by atoms with van der Waals surface area (Å²) in [6.07, 6.45) is 1.32. The fraction of sp³-hybridized carbons (Fsp3) is 0.647. The minimum atomic E-state index is 0.235. The highest BCUT2D eigenvalue weighted by Gasteiger charge is 2.27. The van der Waals surface area contributed by atoms with Gasteiger partial charge < -0.3 is 5.32 Å². The van der Waals surface area contributed by atoms with Gasteiger partial charge in [0.05, 0.1) is 0 Å². The lowest BCUT2D eigenvalue weighted by Gasteiger charge is -2.26. The number of hydrogen-bond donors (Lipinski definition) is 1. The maximum absolute atomic E-state index is 3.64. The molecule has 0 aliphatic carbocycles. The highest BCUT2D eigenvalue weighted by Crippen LogP contribution is 2.27. The van der Waals surface area contributed by atoms with Crippen LogP contribution >= 0.6 is 0 Å². The molecule has 2 nitrogen and oxygen atoms in total. The number of rotatable bonds is 4. The summed E-state index contributed by atoms with van der Waals surface area (Å²) in [5.41, 5.74) is 1.67. The van der Waals surface area contributed by atoms with Crippen LogP contribution in [0.3, 0.4) is 0 Å². The highest BCUT2D eigenvalue weighted by molar-refractivity contribution is 5.18. The SMILES string of the molecule is CC(c1ccccc1)N1CCC(CNC(C)(C)C)C1. The summed E-state index contributed by atoms with van der Waals surface area (Å²) >= 11 is 0. The molecule has 1 aliphatic rings. The largest absolute Gasteiger partial charge is 0.312 e. The van der Waals surface area contributed by atoms with Crippen LogP contribution in [0.5, 0.6) is 0 Å².